The Balaban J connectivity index is 2.12. The van der Waals surface area contributed by atoms with Crippen LogP contribution in [0.2, 0.25) is 0 Å². The van der Waals surface area contributed by atoms with E-state index in [1.807, 2.05) is 0 Å². The first-order chi connectivity index (χ1) is 7.66. The quantitative estimate of drug-likeness (QED) is 0.611. The molecule has 0 atom stereocenters. The Morgan fingerprint density at radius 3 is 3.12 bits per heavy atom. The van der Waals surface area contributed by atoms with E-state index in [-0.39, 0.29) is 11.5 Å². The third-order valence-electron chi connectivity index (χ3n) is 1.93. The molecule has 0 unspecified atom stereocenters. The second-order valence-electron chi connectivity index (χ2n) is 3.14. The van der Waals surface area contributed by atoms with Crippen LogP contribution in [0.5, 0.6) is 0 Å². The summed E-state index contributed by atoms with van der Waals surface area (Å²) < 4.78 is 6.01. The first kappa shape index (κ1) is 10.1. The molecule has 0 radical (unpaired) electrons. The molecule has 2 heterocycles. The molecule has 0 aliphatic heterocycles. The average molecular weight is 223 g/mol. The predicted molar refractivity (Wildman–Crippen MR) is 53.7 cm³/mol. The Bertz CT molecular complexity index is 490. The predicted octanol–water partition coefficient (Wildman–Crippen LogP) is 0.928. The maximum Gasteiger partial charge on any atom is 0.330 e. The van der Waals surface area contributed by atoms with Crippen LogP contribution in [-0.4, -0.2) is 19.9 Å². The number of nitrogens with zero attached hydrogens (tertiary/aromatic N) is 4. The van der Waals surface area contributed by atoms with Gasteiger partial charge in [-0.3, -0.25) is 14.8 Å². The zero-order valence-corrected chi connectivity index (χ0v) is 8.45. The summed E-state index contributed by atoms with van der Waals surface area (Å²) in [7, 11) is 1.62. The normalized spacial score (nSPS) is 10.3. The molecule has 2 aromatic heterocycles. The van der Waals surface area contributed by atoms with E-state index >= 15 is 0 Å². The minimum Gasteiger partial charge on any atom is -0.364 e. The van der Waals surface area contributed by atoms with Crippen LogP contribution in [-0.2, 0) is 13.6 Å². The fraction of sp³-hybridized carbons (Fsp3) is 0.250. The van der Waals surface area contributed by atoms with Gasteiger partial charge in [0, 0.05) is 13.1 Å². The van der Waals surface area contributed by atoms with Gasteiger partial charge in [0.15, 0.2) is 0 Å². The van der Waals surface area contributed by atoms with E-state index in [1.165, 1.54) is 17.1 Å². The van der Waals surface area contributed by atoms with Crippen molar-refractivity contribution < 1.29 is 9.45 Å². The minimum absolute atomic E-state index is 0.0639. The number of anilines is 1. The van der Waals surface area contributed by atoms with Crippen LogP contribution >= 0.6 is 0 Å². The van der Waals surface area contributed by atoms with E-state index in [9.17, 15) is 10.1 Å². The summed E-state index contributed by atoms with van der Waals surface area (Å²) in [5.41, 5.74) is 0.589. The zero-order valence-electron chi connectivity index (χ0n) is 8.45. The van der Waals surface area contributed by atoms with Gasteiger partial charge in [-0.05, 0) is 0 Å². The summed E-state index contributed by atoms with van der Waals surface area (Å²) in [5.74, 6) is 0.218. The number of hydrogen-bond acceptors (Lipinski definition) is 6. The fourth-order valence-corrected chi connectivity index (χ4v) is 1.24. The van der Waals surface area contributed by atoms with Crippen LogP contribution in [0.15, 0.2) is 23.0 Å². The molecule has 2 rings (SSSR count). The van der Waals surface area contributed by atoms with Gasteiger partial charge < -0.3 is 9.84 Å². The van der Waals surface area contributed by atoms with Gasteiger partial charge >= 0.3 is 5.69 Å². The Kier molecular flexibility index (Phi) is 2.54. The molecule has 2 aromatic rings. The first-order valence-corrected chi connectivity index (χ1v) is 4.48. The second kappa shape index (κ2) is 4.01. The van der Waals surface area contributed by atoms with Crippen molar-refractivity contribution in [2.45, 2.75) is 6.54 Å². The lowest BCUT2D eigenvalue weighted by molar-refractivity contribution is -0.384. The Labute approximate surface area is 90.0 Å². The van der Waals surface area contributed by atoms with Crippen molar-refractivity contribution in [1.29, 1.82) is 0 Å². The van der Waals surface area contributed by atoms with E-state index < -0.39 is 4.92 Å². The molecule has 0 aliphatic rings. The SMILES string of the molecule is Cn1cc([N+](=O)[O-])c(NCc2ccon2)n1. The van der Waals surface area contributed by atoms with Gasteiger partial charge in [0.25, 0.3) is 0 Å². The number of nitro groups is 1. The third-order valence-corrected chi connectivity index (χ3v) is 1.93. The molecule has 0 amide bonds. The van der Waals surface area contributed by atoms with Crippen LogP contribution in [0.1, 0.15) is 5.69 Å². The average Bonchev–Trinajstić information content (AvgIpc) is 2.83. The smallest absolute Gasteiger partial charge is 0.330 e. The molecule has 84 valence electrons. The summed E-state index contributed by atoms with van der Waals surface area (Å²) in [6.45, 7) is 0.328. The van der Waals surface area contributed by atoms with Gasteiger partial charge in [0.1, 0.15) is 18.2 Å². The van der Waals surface area contributed by atoms with E-state index in [2.05, 4.69) is 20.1 Å². The topological polar surface area (TPSA) is 99.0 Å². The maximum atomic E-state index is 10.7. The largest absolute Gasteiger partial charge is 0.364 e. The second-order valence-corrected chi connectivity index (χ2v) is 3.14. The lowest BCUT2D eigenvalue weighted by Crippen LogP contribution is -2.02. The molecule has 0 saturated carbocycles. The highest BCUT2D eigenvalue weighted by Crippen LogP contribution is 2.21. The van der Waals surface area contributed by atoms with Crippen LogP contribution in [0, 0.1) is 10.1 Å². The van der Waals surface area contributed by atoms with E-state index in [4.69, 9.17) is 0 Å². The van der Waals surface area contributed by atoms with Crippen molar-refractivity contribution >= 4 is 11.5 Å². The Morgan fingerprint density at radius 2 is 2.50 bits per heavy atom. The van der Waals surface area contributed by atoms with Crippen molar-refractivity contribution in [2.75, 3.05) is 5.32 Å². The van der Waals surface area contributed by atoms with Crippen LogP contribution in [0.3, 0.4) is 0 Å². The molecular formula is C8H9N5O3. The van der Waals surface area contributed by atoms with Gasteiger partial charge in [-0.25, -0.2) is 0 Å². The summed E-state index contributed by atoms with van der Waals surface area (Å²) >= 11 is 0. The third kappa shape index (κ3) is 2.00. The summed E-state index contributed by atoms with van der Waals surface area (Å²) in [6.07, 6.45) is 2.77. The minimum atomic E-state index is -0.488. The van der Waals surface area contributed by atoms with E-state index in [0.717, 1.165) is 0 Å². The van der Waals surface area contributed by atoms with Crippen LogP contribution < -0.4 is 5.32 Å². The van der Waals surface area contributed by atoms with Crippen molar-refractivity contribution in [3.8, 4) is 0 Å². The standard InChI is InChI=1S/C8H9N5O3/c1-12-5-7(13(14)15)8(10-12)9-4-6-2-3-16-11-6/h2-3,5H,4H2,1H3,(H,9,10). The molecule has 0 fully saturated rings. The summed E-state index contributed by atoms with van der Waals surface area (Å²) in [5, 5.41) is 21.1. The molecular weight excluding hydrogens is 214 g/mol. The van der Waals surface area contributed by atoms with Gasteiger partial charge in [-0.1, -0.05) is 5.16 Å². The van der Waals surface area contributed by atoms with Crippen molar-refractivity contribution in [3.63, 3.8) is 0 Å². The van der Waals surface area contributed by atoms with Crippen molar-refractivity contribution in [3.05, 3.63) is 34.3 Å². The first-order valence-electron chi connectivity index (χ1n) is 4.48. The van der Waals surface area contributed by atoms with Gasteiger partial charge in [0.05, 0.1) is 11.5 Å². The highest BCUT2D eigenvalue weighted by molar-refractivity contribution is 5.54. The van der Waals surface area contributed by atoms with Crippen molar-refractivity contribution in [2.24, 2.45) is 7.05 Å². The highest BCUT2D eigenvalue weighted by Gasteiger charge is 2.17. The molecule has 0 saturated heterocycles. The zero-order chi connectivity index (χ0) is 11.5. The maximum absolute atomic E-state index is 10.7. The lowest BCUT2D eigenvalue weighted by atomic mass is 10.4. The van der Waals surface area contributed by atoms with E-state index in [0.29, 0.717) is 12.2 Å². The van der Waals surface area contributed by atoms with E-state index in [1.54, 1.807) is 13.1 Å². The number of hydrogen-bond donors (Lipinski definition) is 1. The van der Waals surface area contributed by atoms with Gasteiger partial charge in [0.2, 0.25) is 5.82 Å². The Hall–Kier alpha value is -2.38. The number of nitrogens with one attached hydrogen (secondary N) is 1. The molecule has 8 heteroatoms. The monoisotopic (exact) mass is 223 g/mol. The molecule has 0 spiro atoms. The summed E-state index contributed by atoms with van der Waals surface area (Å²) in [6, 6.07) is 1.67. The molecule has 8 nitrogen and oxygen atoms in total. The molecule has 0 aliphatic carbocycles. The number of aromatic nitrogens is 3. The molecule has 0 bridgehead atoms. The summed E-state index contributed by atoms with van der Waals surface area (Å²) in [4.78, 5) is 10.2. The lowest BCUT2D eigenvalue weighted by Gasteiger charge is -1.98. The van der Waals surface area contributed by atoms with Gasteiger partial charge in [-0.15, -0.1) is 5.10 Å². The molecule has 16 heavy (non-hydrogen) atoms. The number of rotatable bonds is 4. The fourth-order valence-electron chi connectivity index (χ4n) is 1.24. The molecule has 1 N–H and O–H groups in total. The van der Waals surface area contributed by atoms with Crippen molar-refractivity contribution in [1.82, 2.24) is 14.9 Å². The molecule has 0 aromatic carbocycles. The number of aryl methyl sites for hydroxylation is 1. The van der Waals surface area contributed by atoms with Crippen LogP contribution in [0.25, 0.3) is 0 Å². The van der Waals surface area contributed by atoms with Gasteiger partial charge in [-0.2, -0.15) is 0 Å². The van der Waals surface area contributed by atoms with Crippen LogP contribution in [0.4, 0.5) is 11.5 Å². The Morgan fingerprint density at radius 1 is 1.69 bits per heavy atom. The highest BCUT2D eigenvalue weighted by atomic mass is 16.6.